The van der Waals surface area contributed by atoms with Crippen LogP contribution < -0.4 is 21.7 Å². The number of piperidine rings is 1. The predicted molar refractivity (Wildman–Crippen MR) is 116 cm³/mol. The molecule has 1 saturated heterocycles. The Morgan fingerprint density at radius 3 is 2.38 bits per heavy atom. The monoisotopic (exact) mass is 397 g/mol. The van der Waals surface area contributed by atoms with Crippen LogP contribution in [0.1, 0.15) is 74.1 Å². The molecule has 1 amide bonds. The van der Waals surface area contributed by atoms with E-state index in [0.717, 1.165) is 36.5 Å². The van der Waals surface area contributed by atoms with Gasteiger partial charge in [0.15, 0.2) is 0 Å². The Kier molecular flexibility index (Phi) is 6.32. The summed E-state index contributed by atoms with van der Waals surface area (Å²) in [6.07, 6.45) is 3.47. The van der Waals surface area contributed by atoms with E-state index in [-0.39, 0.29) is 23.4 Å². The number of aromatic nitrogens is 3. The third kappa shape index (κ3) is 5.00. The second kappa shape index (κ2) is 8.73. The SMILES string of the molecule is CC(C)c1cc(Nc2nc(N3CCC[C@H](N)C3)ncc2C(N)=O)cc(C(C)C)n1. The summed E-state index contributed by atoms with van der Waals surface area (Å²) >= 11 is 0. The molecule has 156 valence electrons. The lowest BCUT2D eigenvalue weighted by Gasteiger charge is -2.31. The third-order valence-electron chi connectivity index (χ3n) is 5.09. The number of nitrogens with one attached hydrogen (secondary N) is 1. The summed E-state index contributed by atoms with van der Waals surface area (Å²) in [7, 11) is 0. The molecule has 0 saturated carbocycles. The van der Waals surface area contributed by atoms with Crippen LogP contribution >= 0.6 is 0 Å². The van der Waals surface area contributed by atoms with Crippen molar-refractivity contribution < 1.29 is 4.79 Å². The fourth-order valence-electron chi connectivity index (χ4n) is 3.37. The van der Waals surface area contributed by atoms with E-state index < -0.39 is 5.91 Å². The Hall–Kier alpha value is -2.74. The molecule has 5 N–H and O–H groups in total. The molecule has 1 aliphatic heterocycles. The minimum atomic E-state index is -0.573. The van der Waals surface area contributed by atoms with Gasteiger partial charge in [0, 0.05) is 42.4 Å². The van der Waals surface area contributed by atoms with Gasteiger partial charge in [-0.15, -0.1) is 0 Å². The first kappa shape index (κ1) is 21.0. The first-order valence-electron chi connectivity index (χ1n) is 10.2. The van der Waals surface area contributed by atoms with E-state index in [9.17, 15) is 4.79 Å². The Morgan fingerprint density at radius 2 is 1.83 bits per heavy atom. The van der Waals surface area contributed by atoms with Crippen LogP contribution in [0.4, 0.5) is 17.5 Å². The van der Waals surface area contributed by atoms with E-state index in [1.165, 1.54) is 6.20 Å². The minimum Gasteiger partial charge on any atom is -0.365 e. The molecule has 3 heterocycles. The maximum atomic E-state index is 12.0. The fourth-order valence-corrected chi connectivity index (χ4v) is 3.37. The van der Waals surface area contributed by atoms with E-state index in [1.54, 1.807) is 0 Å². The number of nitrogens with two attached hydrogens (primary N) is 2. The second-order valence-corrected chi connectivity index (χ2v) is 8.28. The van der Waals surface area contributed by atoms with Gasteiger partial charge in [0.1, 0.15) is 11.4 Å². The van der Waals surface area contributed by atoms with Crippen LogP contribution in [0, 0.1) is 0 Å². The number of hydrogen-bond acceptors (Lipinski definition) is 7. The highest BCUT2D eigenvalue weighted by atomic mass is 16.1. The first-order valence-corrected chi connectivity index (χ1v) is 10.2. The zero-order valence-corrected chi connectivity index (χ0v) is 17.6. The first-order chi connectivity index (χ1) is 13.7. The molecule has 2 aromatic rings. The van der Waals surface area contributed by atoms with Gasteiger partial charge in [0.05, 0.1) is 0 Å². The normalized spacial score (nSPS) is 17.1. The minimum absolute atomic E-state index is 0.0990. The van der Waals surface area contributed by atoms with Crippen molar-refractivity contribution in [1.82, 2.24) is 15.0 Å². The van der Waals surface area contributed by atoms with Crippen LogP contribution in [0.3, 0.4) is 0 Å². The number of carbonyl (C=O) groups excluding carboxylic acids is 1. The smallest absolute Gasteiger partial charge is 0.254 e. The van der Waals surface area contributed by atoms with Crippen LogP contribution in [0.15, 0.2) is 18.3 Å². The molecule has 1 fully saturated rings. The number of rotatable bonds is 6. The van der Waals surface area contributed by atoms with Gasteiger partial charge in [-0.3, -0.25) is 9.78 Å². The Balaban J connectivity index is 1.98. The van der Waals surface area contributed by atoms with Crippen molar-refractivity contribution in [3.8, 4) is 0 Å². The maximum Gasteiger partial charge on any atom is 0.254 e. The number of hydrogen-bond donors (Lipinski definition) is 3. The fraction of sp³-hybridized carbons (Fsp3) is 0.524. The molecule has 0 aromatic carbocycles. The lowest BCUT2D eigenvalue weighted by molar-refractivity contribution is 0.100. The van der Waals surface area contributed by atoms with E-state index in [4.69, 9.17) is 16.5 Å². The number of carbonyl (C=O) groups is 1. The number of primary amides is 1. The molecule has 1 aliphatic rings. The van der Waals surface area contributed by atoms with E-state index in [0.29, 0.717) is 18.3 Å². The van der Waals surface area contributed by atoms with Gasteiger partial charge in [-0.25, -0.2) is 4.98 Å². The third-order valence-corrected chi connectivity index (χ3v) is 5.09. The molecule has 8 heteroatoms. The van der Waals surface area contributed by atoms with E-state index in [2.05, 4.69) is 47.9 Å². The highest BCUT2D eigenvalue weighted by molar-refractivity contribution is 5.98. The zero-order valence-electron chi connectivity index (χ0n) is 17.6. The summed E-state index contributed by atoms with van der Waals surface area (Å²) < 4.78 is 0. The van der Waals surface area contributed by atoms with Crippen LogP contribution in [0.5, 0.6) is 0 Å². The largest absolute Gasteiger partial charge is 0.365 e. The number of anilines is 3. The topological polar surface area (TPSA) is 123 Å². The highest BCUT2D eigenvalue weighted by Gasteiger charge is 2.21. The molecular formula is C21H31N7O. The van der Waals surface area contributed by atoms with Crippen molar-refractivity contribution in [3.05, 3.63) is 35.3 Å². The van der Waals surface area contributed by atoms with Crippen LogP contribution in [-0.2, 0) is 0 Å². The molecule has 0 spiro atoms. The maximum absolute atomic E-state index is 12.0. The lowest BCUT2D eigenvalue weighted by Crippen LogP contribution is -2.43. The average Bonchev–Trinajstić information content (AvgIpc) is 2.67. The molecule has 0 bridgehead atoms. The molecule has 0 unspecified atom stereocenters. The Morgan fingerprint density at radius 1 is 1.17 bits per heavy atom. The summed E-state index contributed by atoms with van der Waals surface area (Å²) in [5.74, 6) is 0.935. The summed E-state index contributed by atoms with van der Waals surface area (Å²) in [4.78, 5) is 27.7. The Bertz CT molecular complexity index is 855. The second-order valence-electron chi connectivity index (χ2n) is 8.28. The summed E-state index contributed by atoms with van der Waals surface area (Å²) in [6.45, 7) is 9.95. The molecule has 8 nitrogen and oxygen atoms in total. The standard InChI is InChI=1S/C21H31N7O/c1-12(2)17-8-15(9-18(26-17)13(3)4)25-20-16(19(23)29)10-24-21(27-20)28-7-5-6-14(22)11-28/h8-10,12-14H,5-7,11,22H2,1-4H3,(H2,23,29)(H,24,25,26,27)/t14-/m0/s1. The van der Waals surface area contributed by atoms with Crippen molar-refractivity contribution in [2.75, 3.05) is 23.3 Å². The molecular weight excluding hydrogens is 366 g/mol. The van der Waals surface area contributed by atoms with Gasteiger partial charge in [-0.2, -0.15) is 4.98 Å². The van der Waals surface area contributed by atoms with Crippen molar-refractivity contribution in [1.29, 1.82) is 0 Å². The lowest BCUT2D eigenvalue weighted by atomic mass is 10.0. The van der Waals surface area contributed by atoms with Crippen molar-refractivity contribution in [3.63, 3.8) is 0 Å². The molecule has 1 atom stereocenters. The van der Waals surface area contributed by atoms with Crippen LogP contribution in [0.25, 0.3) is 0 Å². The molecule has 29 heavy (non-hydrogen) atoms. The van der Waals surface area contributed by atoms with E-state index >= 15 is 0 Å². The van der Waals surface area contributed by atoms with Crippen LogP contribution in [-0.4, -0.2) is 40.0 Å². The summed E-state index contributed by atoms with van der Waals surface area (Å²) in [6, 6.07) is 4.07. The van der Waals surface area contributed by atoms with Gasteiger partial charge in [0.2, 0.25) is 5.95 Å². The van der Waals surface area contributed by atoms with E-state index in [1.807, 2.05) is 12.1 Å². The molecule has 0 radical (unpaired) electrons. The number of amides is 1. The van der Waals surface area contributed by atoms with Gasteiger partial charge >= 0.3 is 0 Å². The summed E-state index contributed by atoms with van der Waals surface area (Å²) in [5, 5.41) is 3.29. The van der Waals surface area contributed by atoms with Crippen molar-refractivity contribution >= 4 is 23.4 Å². The number of nitrogens with zero attached hydrogens (tertiary/aromatic N) is 4. The average molecular weight is 398 g/mol. The highest BCUT2D eigenvalue weighted by Crippen LogP contribution is 2.27. The van der Waals surface area contributed by atoms with Gasteiger partial charge in [-0.1, -0.05) is 27.7 Å². The van der Waals surface area contributed by atoms with Crippen molar-refractivity contribution in [2.24, 2.45) is 11.5 Å². The van der Waals surface area contributed by atoms with Gasteiger partial charge in [-0.05, 0) is 36.8 Å². The molecule has 2 aromatic heterocycles. The van der Waals surface area contributed by atoms with Crippen LogP contribution in [0.2, 0.25) is 0 Å². The quantitative estimate of drug-likeness (QED) is 0.685. The Labute approximate surface area is 172 Å². The zero-order chi connectivity index (χ0) is 21.1. The predicted octanol–water partition coefficient (Wildman–Crippen LogP) is 2.89. The summed E-state index contributed by atoms with van der Waals surface area (Å²) in [5.41, 5.74) is 14.7. The van der Waals surface area contributed by atoms with Gasteiger partial charge < -0.3 is 21.7 Å². The molecule has 0 aliphatic carbocycles. The van der Waals surface area contributed by atoms with Crippen molar-refractivity contribution in [2.45, 2.75) is 58.4 Å². The van der Waals surface area contributed by atoms with Gasteiger partial charge in [0.25, 0.3) is 5.91 Å². The molecule has 3 rings (SSSR count). The number of pyridine rings is 1.